The van der Waals surface area contributed by atoms with E-state index in [2.05, 4.69) is 16.1 Å². The smallest absolute Gasteiger partial charge is 0.260 e. The molecule has 1 rings (SSSR count). The second-order valence-electron chi connectivity index (χ2n) is 1.23. The van der Waals surface area contributed by atoms with Gasteiger partial charge in [-0.05, 0) is 0 Å². The van der Waals surface area contributed by atoms with Gasteiger partial charge in [0.05, 0.1) is 16.1 Å². The van der Waals surface area contributed by atoms with Crippen molar-refractivity contribution in [2.24, 2.45) is 0 Å². The average molecular weight is 166 g/mol. The molecule has 0 unspecified atom stereocenters. The quantitative estimate of drug-likeness (QED) is 0.478. The van der Waals surface area contributed by atoms with E-state index >= 15 is 0 Å². The molecule has 0 N–H and O–H groups in total. The van der Waals surface area contributed by atoms with E-state index in [1.165, 1.54) is 3.93 Å². The highest BCUT2D eigenvalue weighted by atomic mass is 79.9. The van der Waals surface area contributed by atoms with E-state index in [1.54, 1.807) is 0 Å². The van der Waals surface area contributed by atoms with Crippen LogP contribution in [0.2, 0.25) is 0 Å². The third kappa shape index (κ3) is 0.920. The lowest BCUT2D eigenvalue weighted by atomic mass is 10.7. The van der Waals surface area contributed by atoms with E-state index in [1.807, 2.05) is 0 Å². The zero-order valence-corrected chi connectivity index (χ0v) is 5.14. The van der Waals surface area contributed by atoms with E-state index in [9.17, 15) is 4.79 Å². The maximum Gasteiger partial charge on any atom is 0.260 e. The summed E-state index contributed by atoms with van der Waals surface area (Å²) in [6.07, 6.45) is 0. The van der Waals surface area contributed by atoms with Crippen LogP contribution < -0.4 is 0 Å². The summed E-state index contributed by atoms with van der Waals surface area (Å²) >= 11 is 2.96. The first-order valence-electron chi connectivity index (χ1n) is 1.84. The number of amides is 1. The van der Waals surface area contributed by atoms with Gasteiger partial charge < -0.3 is 4.74 Å². The normalized spacial score (nSPS) is 21.3. The van der Waals surface area contributed by atoms with Crippen LogP contribution in [-0.4, -0.2) is 23.2 Å². The van der Waals surface area contributed by atoms with Crippen molar-refractivity contribution in [3.63, 3.8) is 0 Å². The first kappa shape index (κ1) is 5.05. The summed E-state index contributed by atoms with van der Waals surface area (Å²) in [6.45, 7) is 0.587. The van der Waals surface area contributed by atoms with Gasteiger partial charge in [0.2, 0.25) is 0 Å². The van der Waals surface area contributed by atoms with Crippen LogP contribution in [-0.2, 0) is 9.53 Å². The van der Waals surface area contributed by atoms with Gasteiger partial charge in [0.1, 0.15) is 13.3 Å². The maximum atomic E-state index is 10.3. The predicted molar refractivity (Wildman–Crippen MR) is 26.6 cm³/mol. The molecule has 1 fully saturated rings. The molecular formula is C3H4BrNO2. The van der Waals surface area contributed by atoms with E-state index in [4.69, 9.17) is 4.74 Å². The van der Waals surface area contributed by atoms with Gasteiger partial charge in [-0.3, -0.25) is 8.72 Å². The van der Waals surface area contributed by atoms with Crippen molar-refractivity contribution >= 4 is 22.1 Å². The van der Waals surface area contributed by atoms with E-state index < -0.39 is 0 Å². The molecule has 1 saturated heterocycles. The largest absolute Gasteiger partial charge is 0.350 e. The first-order valence-corrected chi connectivity index (χ1v) is 2.55. The van der Waals surface area contributed by atoms with Crippen LogP contribution in [0.1, 0.15) is 0 Å². The topological polar surface area (TPSA) is 29.5 Å². The van der Waals surface area contributed by atoms with Gasteiger partial charge in [-0.25, -0.2) is 0 Å². The Balaban J connectivity index is 2.48. The summed E-state index contributed by atoms with van der Waals surface area (Å²) in [4.78, 5) is 10.3. The van der Waals surface area contributed by atoms with Crippen molar-refractivity contribution in [2.45, 2.75) is 0 Å². The molecule has 0 aromatic rings. The lowest BCUT2D eigenvalue weighted by Crippen LogP contribution is -2.12. The Labute approximate surface area is 49.6 Å². The summed E-state index contributed by atoms with van der Waals surface area (Å²) in [6, 6.07) is 0. The third-order valence-corrected chi connectivity index (χ3v) is 1.30. The molecule has 0 radical (unpaired) electrons. The molecular weight excluding hydrogens is 162 g/mol. The lowest BCUT2D eigenvalue weighted by Gasteiger charge is -1.96. The van der Waals surface area contributed by atoms with Gasteiger partial charge in [0, 0.05) is 0 Å². The number of ether oxygens (including phenoxy) is 1. The summed E-state index contributed by atoms with van der Waals surface area (Å²) in [5, 5.41) is 0. The molecule has 0 spiro atoms. The Bertz CT molecular complexity index is 94.9. The molecule has 3 nitrogen and oxygen atoms in total. The maximum absolute atomic E-state index is 10.3. The van der Waals surface area contributed by atoms with Crippen molar-refractivity contribution in [2.75, 3.05) is 13.3 Å². The zero-order valence-electron chi connectivity index (χ0n) is 3.56. The predicted octanol–water partition coefficient (Wildman–Crippen LogP) is 0.113. The lowest BCUT2D eigenvalue weighted by molar-refractivity contribution is -0.122. The molecule has 0 aromatic carbocycles. The summed E-state index contributed by atoms with van der Waals surface area (Å²) in [5.41, 5.74) is 0. The number of rotatable bonds is 0. The minimum Gasteiger partial charge on any atom is -0.350 e. The van der Waals surface area contributed by atoms with Crippen molar-refractivity contribution in [1.82, 2.24) is 3.93 Å². The highest BCUT2D eigenvalue weighted by molar-refractivity contribution is 9.07. The minimum atomic E-state index is -0.0139. The highest BCUT2D eigenvalue weighted by Crippen LogP contribution is 2.04. The number of carbonyl (C=O) groups is 1. The van der Waals surface area contributed by atoms with Crippen molar-refractivity contribution in [1.29, 1.82) is 0 Å². The number of nitrogens with zero attached hydrogens (tertiary/aromatic N) is 1. The molecule has 1 heterocycles. The van der Waals surface area contributed by atoms with Gasteiger partial charge in [-0.15, -0.1) is 0 Å². The van der Waals surface area contributed by atoms with Crippen LogP contribution in [0.25, 0.3) is 0 Å². The molecule has 0 aromatic heterocycles. The van der Waals surface area contributed by atoms with Crippen molar-refractivity contribution < 1.29 is 9.53 Å². The molecule has 0 bridgehead atoms. The number of hydrogen-bond donors (Lipinski definition) is 0. The molecule has 40 valence electrons. The van der Waals surface area contributed by atoms with Crippen LogP contribution in [0.5, 0.6) is 0 Å². The number of hydrogen-bond acceptors (Lipinski definition) is 2. The SMILES string of the molecule is O=C1COCN1Br. The Kier molecular flexibility index (Phi) is 1.30. The van der Waals surface area contributed by atoms with Crippen molar-refractivity contribution in [3.8, 4) is 0 Å². The Morgan fingerprint density at radius 1 is 1.86 bits per heavy atom. The van der Waals surface area contributed by atoms with Gasteiger partial charge >= 0.3 is 0 Å². The molecule has 4 heteroatoms. The fourth-order valence-corrected chi connectivity index (χ4v) is 0.602. The Morgan fingerprint density at radius 2 is 2.57 bits per heavy atom. The summed E-state index contributed by atoms with van der Waals surface area (Å²) in [7, 11) is 0. The van der Waals surface area contributed by atoms with Crippen LogP contribution in [0.4, 0.5) is 0 Å². The average Bonchev–Trinajstić information content (AvgIpc) is 1.91. The second kappa shape index (κ2) is 1.79. The molecule has 0 atom stereocenters. The third-order valence-electron chi connectivity index (χ3n) is 0.701. The van der Waals surface area contributed by atoms with E-state index in [0.29, 0.717) is 6.73 Å². The Morgan fingerprint density at radius 3 is 2.71 bits per heavy atom. The number of halogens is 1. The van der Waals surface area contributed by atoms with Crippen LogP contribution in [0.15, 0.2) is 0 Å². The standard InChI is InChI=1S/C3H4BrNO2/c4-5-2-7-1-3(5)6/h1-2H2. The molecule has 1 amide bonds. The van der Waals surface area contributed by atoms with Crippen molar-refractivity contribution in [3.05, 3.63) is 0 Å². The first-order chi connectivity index (χ1) is 3.30. The van der Waals surface area contributed by atoms with Gasteiger partial charge in [0.15, 0.2) is 0 Å². The van der Waals surface area contributed by atoms with Gasteiger partial charge in [0.25, 0.3) is 5.91 Å². The molecule has 1 aliphatic rings. The minimum absolute atomic E-state index is 0.0139. The molecule has 1 aliphatic heterocycles. The second-order valence-corrected chi connectivity index (χ2v) is 2.09. The Hall–Kier alpha value is -0.0900. The van der Waals surface area contributed by atoms with E-state index in [-0.39, 0.29) is 12.5 Å². The van der Waals surface area contributed by atoms with Crippen LogP contribution in [0, 0.1) is 0 Å². The summed E-state index contributed by atoms with van der Waals surface area (Å²) in [5.74, 6) is -0.0139. The van der Waals surface area contributed by atoms with Gasteiger partial charge in [-0.1, -0.05) is 0 Å². The fourth-order valence-electron chi connectivity index (χ4n) is 0.355. The monoisotopic (exact) mass is 165 g/mol. The fraction of sp³-hybridized carbons (Fsp3) is 0.667. The van der Waals surface area contributed by atoms with Gasteiger partial charge in [-0.2, -0.15) is 0 Å². The number of carbonyl (C=O) groups excluding carboxylic acids is 1. The zero-order chi connectivity index (χ0) is 5.28. The molecule has 0 aliphatic carbocycles. The highest BCUT2D eigenvalue weighted by Gasteiger charge is 2.16. The van der Waals surface area contributed by atoms with Crippen LogP contribution in [0.3, 0.4) is 0 Å². The van der Waals surface area contributed by atoms with E-state index in [0.717, 1.165) is 0 Å². The molecule has 0 saturated carbocycles. The molecule has 7 heavy (non-hydrogen) atoms. The summed E-state index contributed by atoms with van der Waals surface area (Å²) < 4.78 is 6.05. The van der Waals surface area contributed by atoms with Crippen LogP contribution >= 0.6 is 16.1 Å².